The number of hydrogen-bond acceptors (Lipinski definition) is 3. The van der Waals surface area contributed by atoms with E-state index in [1.165, 1.54) is 24.5 Å². The van der Waals surface area contributed by atoms with Crippen LogP contribution in [0.4, 0.5) is 5.69 Å². The molecular weight excluding hydrogens is 296 g/mol. The highest BCUT2D eigenvalue weighted by molar-refractivity contribution is 9.10. The van der Waals surface area contributed by atoms with E-state index in [0.717, 1.165) is 22.8 Å². The lowest BCUT2D eigenvalue weighted by Crippen LogP contribution is -2.39. The molecular formula is C13H19BrN2S. The van der Waals surface area contributed by atoms with E-state index < -0.39 is 0 Å². The molecule has 17 heavy (non-hydrogen) atoms. The van der Waals surface area contributed by atoms with Gasteiger partial charge in [0.2, 0.25) is 0 Å². The van der Waals surface area contributed by atoms with Crippen molar-refractivity contribution in [3.63, 3.8) is 0 Å². The lowest BCUT2D eigenvalue weighted by molar-refractivity contribution is 0.297. The van der Waals surface area contributed by atoms with Crippen LogP contribution in [0.5, 0.6) is 0 Å². The highest BCUT2D eigenvalue weighted by Crippen LogP contribution is 2.18. The molecule has 1 aromatic carbocycles. The molecule has 0 aliphatic carbocycles. The van der Waals surface area contributed by atoms with Gasteiger partial charge in [-0.15, -0.1) is 0 Å². The van der Waals surface area contributed by atoms with Crippen LogP contribution in [0, 0.1) is 0 Å². The highest BCUT2D eigenvalue weighted by atomic mass is 79.9. The van der Waals surface area contributed by atoms with Crippen molar-refractivity contribution in [1.29, 1.82) is 0 Å². The summed E-state index contributed by atoms with van der Waals surface area (Å²) >= 11 is 5.57. The molecule has 2 nitrogen and oxygen atoms in total. The number of anilines is 1. The van der Waals surface area contributed by atoms with Gasteiger partial charge in [0, 0.05) is 47.3 Å². The SMILES string of the molecule is CC1CN(CCNc2cccc(Br)c2)CCS1. The van der Waals surface area contributed by atoms with Crippen molar-refractivity contribution in [2.45, 2.75) is 12.2 Å². The maximum absolute atomic E-state index is 3.49. The first-order valence-electron chi connectivity index (χ1n) is 6.07. The third-order valence-electron chi connectivity index (χ3n) is 2.91. The molecule has 0 radical (unpaired) electrons. The van der Waals surface area contributed by atoms with Gasteiger partial charge < -0.3 is 5.32 Å². The average molecular weight is 315 g/mol. The molecule has 0 spiro atoms. The maximum atomic E-state index is 3.49. The molecule has 1 fully saturated rings. The fraction of sp³-hybridized carbons (Fsp3) is 0.538. The molecule has 1 aliphatic rings. The second-order valence-electron chi connectivity index (χ2n) is 4.42. The van der Waals surface area contributed by atoms with E-state index >= 15 is 0 Å². The fourth-order valence-corrected chi connectivity index (χ4v) is 3.53. The minimum Gasteiger partial charge on any atom is -0.384 e. The van der Waals surface area contributed by atoms with Gasteiger partial charge in [0.25, 0.3) is 0 Å². The molecule has 2 rings (SSSR count). The average Bonchev–Trinajstić information content (AvgIpc) is 2.29. The van der Waals surface area contributed by atoms with Crippen LogP contribution in [0.25, 0.3) is 0 Å². The van der Waals surface area contributed by atoms with Gasteiger partial charge in [-0.25, -0.2) is 0 Å². The Morgan fingerprint density at radius 3 is 3.18 bits per heavy atom. The zero-order valence-electron chi connectivity index (χ0n) is 10.2. The normalized spacial score (nSPS) is 21.4. The summed E-state index contributed by atoms with van der Waals surface area (Å²) in [6.45, 7) is 6.93. The Hall–Kier alpha value is -0.190. The molecule has 1 aliphatic heterocycles. The van der Waals surface area contributed by atoms with E-state index in [4.69, 9.17) is 0 Å². The van der Waals surface area contributed by atoms with E-state index in [-0.39, 0.29) is 0 Å². The summed E-state index contributed by atoms with van der Waals surface area (Å²) in [5.74, 6) is 1.28. The molecule has 1 N–H and O–H groups in total. The standard InChI is InChI=1S/C13H19BrN2S/c1-11-10-16(7-8-17-11)6-5-15-13-4-2-3-12(14)9-13/h2-4,9,11,15H,5-8,10H2,1H3. The van der Waals surface area contributed by atoms with Gasteiger partial charge in [-0.3, -0.25) is 4.90 Å². The summed E-state index contributed by atoms with van der Waals surface area (Å²) in [4.78, 5) is 2.55. The molecule has 1 heterocycles. The van der Waals surface area contributed by atoms with Crippen LogP contribution in [0.2, 0.25) is 0 Å². The second-order valence-corrected chi connectivity index (χ2v) is 6.88. The van der Waals surface area contributed by atoms with E-state index in [0.29, 0.717) is 0 Å². The van der Waals surface area contributed by atoms with Crippen molar-refractivity contribution in [2.75, 3.05) is 37.2 Å². The summed E-state index contributed by atoms with van der Waals surface area (Å²) in [5.41, 5.74) is 1.19. The van der Waals surface area contributed by atoms with E-state index in [1.807, 2.05) is 0 Å². The first-order chi connectivity index (χ1) is 8.24. The maximum Gasteiger partial charge on any atom is 0.0351 e. The first-order valence-corrected chi connectivity index (χ1v) is 7.91. The van der Waals surface area contributed by atoms with E-state index in [9.17, 15) is 0 Å². The predicted molar refractivity (Wildman–Crippen MR) is 81.0 cm³/mol. The minimum atomic E-state index is 0.787. The molecule has 0 bridgehead atoms. The van der Waals surface area contributed by atoms with Crippen molar-refractivity contribution in [3.05, 3.63) is 28.7 Å². The molecule has 0 amide bonds. The number of rotatable bonds is 4. The molecule has 94 valence electrons. The third kappa shape index (κ3) is 4.53. The molecule has 1 saturated heterocycles. The minimum absolute atomic E-state index is 0.787. The molecule has 1 aromatic rings. The van der Waals surface area contributed by atoms with Crippen LogP contribution >= 0.6 is 27.7 Å². The van der Waals surface area contributed by atoms with Gasteiger partial charge in [0.05, 0.1) is 0 Å². The number of thioether (sulfide) groups is 1. The molecule has 4 heteroatoms. The molecule has 0 saturated carbocycles. The second kappa shape index (κ2) is 6.66. The van der Waals surface area contributed by atoms with Gasteiger partial charge in [-0.1, -0.05) is 28.9 Å². The van der Waals surface area contributed by atoms with Gasteiger partial charge in [-0.2, -0.15) is 11.8 Å². The molecule has 1 unspecified atom stereocenters. The monoisotopic (exact) mass is 314 g/mol. The van der Waals surface area contributed by atoms with Crippen molar-refractivity contribution in [1.82, 2.24) is 4.90 Å². The van der Waals surface area contributed by atoms with Crippen LogP contribution in [0.3, 0.4) is 0 Å². The van der Waals surface area contributed by atoms with Gasteiger partial charge in [0.1, 0.15) is 0 Å². The van der Waals surface area contributed by atoms with Crippen molar-refractivity contribution in [3.8, 4) is 0 Å². The van der Waals surface area contributed by atoms with E-state index in [1.54, 1.807) is 0 Å². The summed E-state index contributed by atoms with van der Waals surface area (Å²) in [6, 6.07) is 8.34. The first kappa shape index (κ1) is 13.2. The number of hydrogen-bond donors (Lipinski definition) is 1. The van der Waals surface area contributed by atoms with Gasteiger partial charge >= 0.3 is 0 Å². The van der Waals surface area contributed by atoms with Crippen molar-refractivity contribution >= 4 is 33.4 Å². The lowest BCUT2D eigenvalue weighted by Gasteiger charge is -2.30. The summed E-state index contributed by atoms with van der Waals surface area (Å²) < 4.78 is 1.13. The Labute approximate surface area is 116 Å². The zero-order chi connectivity index (χ0) is 12.1. The Balaban J connectivity index is 1.72. The smallest absolute Gasteiger partial charge is 0.0351 e. The highest BCUT2D eigenvalue weighted by Gasteiger charge is 2.15. The van der Waals surface area contributed by atoms with Crippen molar-refractivity contribution < 1.29 is 0 Å². The van der Waals surface area contributed by atoms with Gasteiger partial charge in [0.15, 0.2) is 0 Å². The van der Waals surface area contributed by atoms with Crippen LogP contribution in [0.15, 0.2) is 28.7 Å². The van der Waals surface area contributed by atoms with Crippen LogP contribution in [0.1, 0.15) is 6.92 Å². The Morgan fingerprint density at radius 1 is 1.53 bits per heavy atom. The zero-order valence-corrected chi connectivity index (χ0v) is 12.6. The number of nitrogens with one attached hydrogen (secondary N) is 1. The topological polar surface area (TPSA) is 15.3 Å². The molecule has 1 atom stereocenters. The van der Waals surface area contributed by atoms with Crippen LogP contribution in [-0.2, 0) is 0 Å². The largest absolute Gasteiger partial charge is 0.384 e. The number of nitrogens with zero attached hydrogens (tertiary/aromatic N) is 1. The van der Waals surface area contributed by atoms with E-state index in [2.05, 4.69) is 69.1 Å². The predicted octanol–water partition coefficient (Wildman–Crippen LogP) is 3.30. The Morgan fingerprint density at radius 2 is 2.41 bits per heavy atom. The summed E-state index contributed by atoms with van der Waals surface area (Å²) in [5, 5.41) is 4.26. The summed E-state index contributed by atoms with van der Waals surface area (Å²) in [6.07, 6.45) is 0. The quantitative estimate of drug-likeness (QED) is 0.918. The van der Waals surface area contributed by atoms with Crippen LogP contribution in [-0.4, -0.2) is 42.1 Å². The Bertz CT molecular complexity index is 359. The number of halogens is 1. The summed E-state index contributed by atoms with van der Waals surface area (Å²) in [7, 11) is 0. The lowest BCUT2D eigenvalue weighted by atomic mass is 10.3. The Kier molecular flexibility index (Phi) is 5.19. The third-order valence-corrected chi connectivity index (χ3v) is 4.54. The number of benzene rings is 1. The fourth-order valence-electron chi connectivity index (χ4n) is 2.05. The van der Waals surface area contributed by atoms with Crippen LogP contribution < -0.4 is 5.32 Å². The van der Waals surface area contributed by atoms with Gasteiger partial charge in [-0.05, 0) is 18.2 Å². The molecule has 0 aromatic heterocycles. The van der Waals surface area contributed by atoms with Crippen molar-refractivity contribution in [2.24, 2.45) is 0 Å².